The van der Waals surface area contributed by atoms with Crippen molar-refractivity contribution >= 4 is 11.8 Å². The van der Waals surface area contributed by atoms with Crippen LogP contribution in [-0.4, -0.2) is 22.1 Å². The van der Waals surface area contributed by atoms with E-state index in [0.717, 1.165) is 0 Å². The highest BCUT2D eigenvalue weighted by molar-refractivity contribution is 8.00. The number of hydrogen-bond donors (Lipinski definition) is 2. The van der Waals surface area contributed by atoms with Crippen LogP contribution in [0.4, 0.5) is 4.39 Å². The fraction of sp³-hybridized carbons (Fsp3) is 0.455. The van der Waals surface area contributed by atoms with E-state index in [1.807, 2.05) is 6.92 Å². The normalized spacial score (nSPS) is 15.0. The van der Waals surface area contributed by atoms with Crippen LogP contribution in [0.15, 0.2) is 23.1 Å². The lowest BCUT2D eigenvalue weighted by molar-refractivity contribution is 0.198. The molecule has 0 saturated carbocycles. The van der Waals surface area contributed by atoms with E-state index in [1.54, 1.807) is 19.1 Å². The van der Waals surface area contributed by atoms with Crippen LogP contribution in [0.3, 0.4) is 0 Å². The largest absolute Gasteiger partial charge is 0.395 e. The van der Waals surface area contributed by atoms with Crippen molar-refractivity contribution in [1.82, 2.24) is 0 Å². The molecule has 1 rings (SSSR count). The second kappa shape index (κ2) is 5.49. The van der Waals surface area contributed by atoms with Crippen molar-refractivity contribution < 1.29 is 14.6 Å². The molecule has 15 heavy (non-hydrogen) atoms. The summed E-state index contributed by atoms with van der Waals surface area (Å²) in [5.74, 6) is -0.348. The molecule has 1 aromatic rings. The molecule has 2 atom stereocenters. The van der Waals surface area contributed by atoms with Crippen molar-refractivity contribution in [2.75, 3.05) is 6.61 Å². The molecule has 0 aliphatic rings. The van der Waals surface area contributed by atoms with Gasteiger partial charge in [0.2, 0.25) is 0 Å². The van der Waals surface area contributed by atoms with Gasteiger partial charge in [-0.1, -0.05) is 13.0 Å². The maximum Gasteiger partial charge on any atom is 0.137 e. The smallest absolute Gasteiger partial charge is 0.137 e. The second-order valence-electron chi connectivity index (χ2n) is 3.48. The maximum atomic E-state index is 13.5. The maximum absolute atomic E-state index is 13.5. The molecule has 0 aliphatic carbocycles. The average molecular weight is 230 g/mol. The first kappa shape index (κ1) is 12.5. The van der Waals surface area contributed by atoms with E-state index < -0.39 is 6.10 Å². The molecule has 0 aliphatic heterocycles. The summed E-state index contributed by atoms with van der Waals surface area (Å²) in [7, 11) is 0. The van der Waals surface area contributed by atoms with Crippen LogP contribution in [-0.2, 0) is 0 Å². The van der Waals surface area contributed by atoms with Gasteiger partial charge in [0.1, 0.15) is 5.82 Å². The molecule has 0 bridgehead atoms. The molecule has 0 radical (unpaired) electrons. The van der Waals surface area contributed by atoms with Gasteiger partial charge in [-0.2, -0.15) is 0 Å². The summed E-state index contributed by atoms with van der Waals surface area (Å²) in [6, 6.07) is 4.66. The third kappa shape index (κ3) is 3.48. The first-order chi connectivity index (χ1) is 7.04. The first-order valence-electron chi connectivity index (χ1n) is 4.79. The zero-order valence-corrected chi connectivity index (χ0v) is 9.59. The van der Waals surface area contributed by atoms with Gasteiger partial charge in [0.25, 0.3) is 0 Å². The molecule has 2 nitrogen and oxygen atoms in total. The van der Waals surface area contributed by atoms with E-state index >= 15 is 0 Å². The summed E-state index contributed by atoms with van der Waals surface area (Å²) in [6.07, 6.45) is -0.659. The van der Waals surface area contributed by atoms with Crippen molar-refractivity contribution in [3.05, 3.63) is 29.6 Å². The van der Waals surface area contributed by atoms with Crippen LogP contribution < -0.4 is 0 Å². The molecule has 2 N–H and O–H groups in total. The van der Waals surface area contributed by atoms with Gasteiger partial charge in [0.15, 0.2) is 0 Å². The van der Waals surface area contributed by atoms with Crippen LogP contribution in [0, 0.1) is 5.82 Å². The molecule has 0 fully saturated rings. The number of thioether (sulfide) groups is 1. The molecule has 0 aromatic heterocycles. The van der Waals surface area contributed by atoms with E-state index in [9.17, 15) is 9.50 Å². The van der Waals surface area contributed by atoms with Crippen LogP contribution >= 0.6 is 11.8 Å². The predicted octanol–water partition coefficient (Wildman–Crippen LogP) is 2.35. The molecular weight excluding hydrogens is 215 g/mol. The van der Waals surface area contributed by atoms with Crippen LogP contribution in [0.25, 0.3) is 0 Å². The Kier molecular flexibility index (Phi) is 4.57. The van der Waals surface area contributed by atoms with Gasteiger partial charge in [-0.3, -0.25) is 0 Å². The van der Waals surface area contributed by atoms with Crippen molar-refractivity contribution in [1.29, 1.82) is 0 Å². The highest BCUT2D eigenvalue weighted by Gasteiger charge is 2.10. The molecule has 0 saturated heterocycles. The van der Waals surface area contributed by atoms with E-state index in [-0.39, 0.29) is 17.7 Å². The van der Waals surface area contributed by atoms with Crippen molar-refractivity contribution in [2.45, 2.75) is 30.1 Å². The Morgan fingerprint density at radius 1 is 1.40 bits per heavy atom. The second-order valence-corrected chi connectivity index (χ2v) is 4.96. The third-order valence-electron chi connectivity index (χ3n) is 2.02. The highest BCUT2D eigenvalue weighted by atomic mass is 32.2. The fourth-order valence-electron chi connectivity index (χ4n) is 1.13. The van der Waals surface area contributed by atoms with Gasteiger partial charge in [0, 0.05) is 10.1 Å². The Labute approximate surface area is 93.1 Å². The number of aliphatic hydroxyl groups is 2. The molecule has 0 heterocycles. The lowest BCUT2D eigenvalue weighted by atomic mass is 10.1. The Hall–Kier alpha value is -0.580. The highest BCUT2D eigenvalue weighted by Crippen LogP contribution is 2.27. The lowest BCUT2D eigenvalue weighted by Crippen LogP contribution is -2.02. The number of aliphatic hydroxyl groups excluding tert-OH is 2. The van der Waals surface area contributed by atoms with Crippen LogP contribution in [0.2, 0.25) is 0 Å². The number of rotatable bonds is 4. The summed E-state index contributed by atoms with van der Waals surface area (Å²) in [6.45, 7) is 3.44. The minimum atomic E-state index is -0.659. The van der Waals surface area contributed by atoms with Crippen molar-refractivity contribution in [3.63, 3.8) is 0 Å². The SMILES string of the molecule is CC(CO)Sc1ccc([C@@H](C)O)cc1F. The summed E-state index contributed by atoms with van der Waals surface area (Å²) < 4.78 is 13.5. The zero-order chi connectivity index (χ0) is 11.4. The van der Waals surface area contributed by atoms with Gasteiger partial charge >= 0.3 is 0 Å². The minimum Gasteiger partial charge on any atom is -0.395 e. The molecule has 1 aromatic carbocycles. The van der Waals surface area contributed by atoms with Gasteiger partial charge in [-0.05, 0) is 24.6 Å². The zero-order valence-electron chi connectivity index (χ0n) is 8.77. The van der Waals surface area contributed by atoms with E-state index in [0.29, 0.717) is 10.5 Å². The molecule has 84 valence electrons. The Morgan fingerprint density at radius 2 is 2.07 bits per heavy atom. The van der Waals surface area contributed by atoms with E-state index in [2.05, 4.69) is 0 Å². The molecular formula is C11H15FO2S. The molecule has 1 unspecified atom stereocenters. The van der Waals surface area contributed by atoms with Gasteiger partial charge in [-0.25, -0.2) is 4.39 Å². The van der Waals surface area contributed by atoms with Gasteiger partial charge in [-0.15, -0.1) is 11.8 Å². The number of benzene rings is 1. The Bertz CT molecular complexity index is 328. The lowest BCUT2D eigenvalue weighted by Gasteiger charge is -2.10. The Morgan fingerprint density at radius 3 is 2.53 bits per heavy atom. The number of halogens is 1. The van der Waals surface area contributed by atoms with Crippen LogP contribution in [0.5, 0.6) is 0 Å². The van der Waals surface area contributed by atoms with Crippen molar-refractivity contribution in [3.8, 4) is 0 Å². The first-order valence-corrected chi connectivity index (χ1v) is 5.67. The van der Waals surface area contributed by atoms with E-state index in [4.69, 9.17) is 5.11 Å². The average Bonchev–Trinajstić information content (AvgIpc) is 2.20. The fourth-order valence-corrected chi connectivity index (χ4v) is 1.95. The predicted molar refractivity (Wildman–Crippen MR) is 59.4 cm³/mol. The monoisotopic (exact) mass is 230 g/mol. The van der Waals surface area contributed by atoms with Gasteiger partial charge in [0.05, 0.1) is 12.7 Å². The summed E-state index contributed by atoms with van der Waals surface area (Å²) in [5.41, 5.74) is 0.563. The summed E-state index contributed by atoms with van der Waals surface area (Å²) in [5, 5.41) is 18.1. The van der Waals surface area contributed by atoms with Gasteiger partial charge < -0.3 is 10.2 Å². The van der Waals surface area contributed by atoms with E-state index in [1.165, 1.54) is 17.8 Å². The Balaban J connectivity index is 2.83. The molecule has 4 heteroatoms. The third-order valence-corrected chi connectivity index (χ3v) is 3.16. The molecule has 0 amide bonds. The van der Waals surface area contributed by atoms with Crippen molar-refractivity contribution in [2.24, 2.45) is 0 Å². The standard InChI is InChI=1S/C11H15FO2S/c1-7(6-13)15-11-4-3-9(8(2)14)5-10(11)12/h3-5,7-8,13-14H,6H2,1-2H3/t7?,8-/m1/s1. The quantitative estimate of drug-likeness (QED) is 0.780. The summed E-state index contributed by atoms with van der Waals surface area (Å²) >= 11 is 1.28. The minimum absolute atomic E-state index is 0.0161. The molecule has 0 spiro atoms. The number of hydrogen-bond acceptors (Lipinski definition) is 3. The topological polar surface area (TPSA) is 40.5 Å². The van der Waals surface area contributed by atoms with Crippen LogP contribution in [0.1, 0.15) is 25.5 Å². The summed E-state index contributed by atoms with van der Waals surface area (Å²) in [4.78, 5) is 0.501.